The van der Waals surface area contributed by atoms with E-state index in [1.807, 2.05) is 19.2 Å². The number of benzene rings is 1. The molecule has 1 aliphatic heterocycles. The van der Waals surface area contributed by atoms with Crippen LogP contribution >= 0.6 is 0 Å². The van der Waals surface area contributed by atoms with E-state index in [-0.39, 0.29) is 0 Å². The molecule has 1 fully saturated rings. The SMILES string of the molecule is CCC1CN(Cc2oc3ccccc3c2CNC)CCO1. The standard InChI is InChI=1S/C17H24N2O2/c1-3-13-11-19(8-9-20-13)12-17-15(10-18-2)14-6-4-5-7-16(14)21-17/h4-7,13,18H,3,8-12H2,1-2H3. The zero-order valence-corrected chi connectivity index (χ0v) is 12.9. The van der Waals surface area contributed by atoms with Gasteiger partial charge in [-0.3, -0.25) is 4.90 Å². The molecule has 0 bridgehead atoms. The quantitative estimate of drug-likeness (QED) is 0.918. The number of nitrogens with one attached hydrogen (secondary N) is 1. The maximum atomic E-state index is 6.10. The summed E-state index contributed by atoms with van der Waals surface area (Å²) in [4.78, 5) is 2.44. The number of hydrogen-bond acceptors (Lipinski definition) is 4. The van der Waals surface area contributed by atoms with Crippen molar-refractivity contribution < 1.29 is 9.15 Å². The molecule has 2 aromatic rings. The van der Waals surface area contributed by atoms with Crippen molar-refractivity contribution in [3.05, 3.63) is 35.6 Å². The Labute approximate surface area is 126 Å². The summed E-state index contributed by atoms with van der Waals surface area (Å²) in [5.74, 6) is 1.09. The molecule has 1 aliphatic rings. The van der Waals surface area contributed by atoms with Gasteiger partial charge < -0.3 is 14.5 Å². The van der Waals surface area contributed by atoms with Crippen LogP contribution in [0.15, 0.2) is 28.7 Å². The van der Waals surface area contributed by atoms with Crippen LogP contribution in [0.25, 0.3) is 11.0 Å². The Morgan fingerprint density at radius 1 is 1.33 bits per heavy atom. The fourth-order valence-corrected chi connectivity index (χ4v) is 3.02. The van der Waals surface area contributed by atoms with Gasteiger partial charge in [0.15, 0.2) is 0 Å². The molecule has 0 aliphatic carbocycles. The fraction of sp³-hybridized carbons (Fsp3) is 0.529. The van der Waals surface area contributed by atoms with Gasteiger partial charge in [0.1, 0.15) is 11.3 Å². The van der Waals surface area contributed by atoms with Crippen molar-refractivity contribution in [3.63, 3.8) is 0 Å². The van der Waals surface area contributed by atoms with E-state index in [4.69, 9.17) is 9.15 Å². The van der Waals surface area contributed by atoms with Crippen LogP contribution in [0.5, 0.6) is 0 Å². The summed E-state index contributed by atoms with van der Waals surface area (Å²) in [6.07, 6.45) is 1.43. The van der Waals surface area contributed by atoms with Crippen molar-refractivity contribution in [2.45, 2.75) is 32.5 Å². The van der Waals surface area contributed by atoms with Crippen LogP contribution in [0.2, 0.25) is 0 Å². The van der Waals surface area contributed by atoms with Crippen LogP contribution in [-0.4, -0.2) is 37.7 Å². The Morgan fingerprint density at radius 3 is 3.00 bits per heavy atom. The third-order valence-electron chi connectivity index (χ3n) is 4.18. The van der Waals surface area contributed by atoms with Crippen molar-refractivity contribution in [3.8, 4) is 0 Å². The van der Waals surface area contributed by atoms with E-state index < -0.39 is 0 Å². The average Bonchev–Trinajstić information content (AvgIpc) is 2.86. The van der Waals surface area contributed by atoms with Gasteiger partial charge in [-0.2, -0.15) is 0 Å². The molecule has 0 saturated carbocycles. The lowest BCUT2D eigenvalue weighted by Gasteiger charge is -2.32. The molecule has 0 spiro atoms. The second-order valence-electron chi connectivity index (χ2n) is 5.67. The van der Waals surface area contributed by atoms with Gasteiger partial charge in [0.2, 0.25) is 0 Å². The topological polar surface area (TPSA) is 37.6 Å². The normalized spacial score (nSPS) is 20.2. The van der Waals surface area contributed by atoms with Crippen LogP contribution in [0.1, 0.15) is 24.7 Å². The first kappa shape index (κ1) is 14.6. The highest BCUT2D eigenvalue weighted by atomic mass is 16.5. The molecule has 1 saturated heterocycles. The molecule has 114 valence electrons. The number of furan rings is 1. The summed E-state index contributed by atoms with van der Waals surface area (Å²) < 4.78 is 11.8. The van der Waals surface area contributed by atoms with E-state index in [1.165, 1.54) is 10.9 Å². The van der Waals surface area contributed by atoms with Gasteiger partial charge in [0, 0.05) is 30.6 Å². The summed E-state index contributed by atoms with van der Waals surface area (Å²) in [5.41, 5.74) is 2.27. The molecular weight excluding hydrogens is 264 g/mol. The number of morpholine rings is 1. The van der Waals surface area contributed by atoms with E-state index >= 15 is 0 Å². The lowest BCUT2D eigenvalue weighted by Crippen LogP contribution is -2.41. The number of hydrogen-bond donors (Lipinski definition) is 1. The molecule has 1 aromatic heterocycles. The Morgan fingerprint density at radius 2 is 2.19 bits per heavy atom. The third-order valence-corrected chi connectivity index (χ3v) is 4.18. The van der Waals surface area contributed by atoms with E-state index in [0.717, 1.165) is 50.5 Å². The van der Waals surface area contributed by atoms with Crippen LogP contribution in [0.3, 0.4) is 0 Å². The molecular formula is C17H24N2O2. The minimum Gasteiger partial charge on any atom is -0.459 e. The minimum absolute atomic E-state index is 0.357. The number of para-hydroxylation sites is 1. The Bertz CT molecular complexity index is 593. The molecule has 1 aromatic carbocycles. The fourth-order valence-electron chi connectivity index (χ4n) is 3.02. The summed E-state index contributed by atoms with van der Waals surface area (Å²) in [7, 11) is 1.98. The van der Waals surface area contributed by atoms with E-state index in [1.54, 1.807) is 0 Å². The second kappa shape index (κ2) is 6.60. The van der Waals surface area contributed by atoms with Gasteiger partial charge in [-0.05, 0) is 19.5 Å². The van der Waals surface area contributed by atoms with Gasteiger partial charge in [0.25, 0.3) is 0 Å². The molecule has 2 heterocycles. The van der Waals surface area contributed by atoms with Crippen molar-refractivity contribution in [1.29, 1.82) is 0 Å². The van der Waals surface area contributed by atoms with Gasteiger partial charge in [-0.15, -0.1) is 0 Å². The summed E-state index contributed by atoms with van der Waals surface area (Å²) in [6, 6.07) is 8.29. The smallest absolute Gasteiger partial charge is 0.134 e. The molecule has 21 heavy (non-hydrogen) atoms. The van der Waals surface area contributed by atoms with Crippen LogP contribution in [0.4, 0.5) is 0 Å². The van der Waals surface area contributed by atoms with Gasteiger partial charge >= 0.3 is 0 Å². The number of rotatable bonds is 5. The monoisotopic (exact) mass is 288 g/mol. The number of nitrogens with zero attached hydrogens (tertiary/aromatic N) is 1. The maximum Gasteiger partial charge on any atom is 0.134 e. The highest BCUT2D eigenvalue weighted by molar-refractivity contribution is 5.82. The Balaban J connectivity index is 1.84. The molecule has 4 heteroatoms. The predicted molar refractivity (Wildman–Crippen MR) is 84.3 cm³/mol. The Hall–Kier alpha value is -1.36. The summed E-state index contributed by atoms with van der Waals surface area (Å²) in [5, 5.41) is 4.48. The third kappa shape index (κ3) is 3.12. The maximum absolute atomic E-state index is 6.10. The molecule has 1 atom stereocenters. The average molecular weight is 288 g/mol. The highest BCUT2D eigenvalue weighted by Gasteiger charge is 2.22. The molecule has 3 rings (SSSR count). The van der Waals surface area contributed by atoms with Gasteiger partial charge in [0.05, 0.1) is 19.3 Å². The van der Waals surface area contributed by atoms with Crippen LogP contribution in [0, 0.1) is 0 Å². The summed E-state index contributed by atoms with van der Waals surface area (Å²) in [6.45, 7) is 6.68. The van der Waals surface area contributed by atoms with Gasteiger partial charge in [-0.25, -0.2) is 0 Å². The first-order valence-corrected chi connectivity index (χ1v) is 7.79. The minimum atomic E-state index is 0.357. The van der Waals surface area contributed by atoms with E-state index in [2.05, 4.69) is 29.3 Å². The molecule has 0 radical (unpaired) electrons. The predicted octanol–water partition coefficient (Wildman–Crippen LogP) is 2.76. The van der Waals surface area contributed by atoms with Crippen LogP contribution < -0.4 is 5.32 Å². The first-order chi connectivity index (χ1) is 10.3. The van der Waals surface area contributed by atoms with E-state index in [0.29, 0.717) is 6.10 Å². The van der Waals surface area contributed by atoms with Gasteiger partial charge in [-0.1, -0.05) is 25.1 Å². The van der Waals surface area contributed by atoms with Crippen molar-refractivity contribution in [2.75, 3.05) is 26.7 Å². The number of ether oxygens (including phenoxy) is 1. The molecule has 4 nitrogen and oxygen atoms in total. The van der Waals surface area contributed by atoms with Crippen LogP contribution in [-0.2, 0) is 17.8 Å². The highest BCUT2D eigenvalue weighted by Crippen LogP contribution is 2.27. The van der Waals surface area contributed by atoms with Crippen molar-refractivity contribution in [2.24, 2.45) is 0 Å². The lowest BCUT2D eigenvalue weighted by atomic mass is 10.1. The number of fused-ring (bicyclic) bond motifs is 1. The molecule has 0 amide bonds. The summed E-state index contributed by atoms with van der Waals surface area (Å²) >= 11 is 0. The molecule has 1 unspecified atom stereocenters. The van der Waals surface area contributed by atoms with E-state index in [9.17, 15) is 0 Å². The lowest BCUT2D eigenvalue weighted by molar-refractivity contribution is -0.0341. The second-order valence-corrected chi connectivity index (χ2v) is 5.67. The largest absolute Gasteiger partial charge is 0.459 e. The zero-order chi connectivity index (χ0) is 14.7. The van der Waals surface area contributed by atoms with Crippen molar-refractivity contribution >= 4 is 11.0 Å². The first-order valence-electron chi connectivity index (χ1n) is 7.79. The molecule has 1 N–H and O–H groups in total. The zero-order valence-electron chi connectivity index (χ0n) is 12.9. The Kier molecular flexibility index (Phi) is 4.58. The van der Waals surface area contributed by atoms with Crippen molar-refractivity contribution in [1.82, 2.24) is 10.2 Å².